The molecule has 5 nitrogen and oxygen atoms in total. The van der Waals surface area contributed by atoms with E-state index in [4.69, 9.17) is 10.0 Å². The van der Waals surface area contributed by atoms with Gasteiger partial charge in [-0.1, -0.05) is 18.7 Å². The number of rotatable bonds is 4. The fourth-order valence-corrected chi connectivity index (χ4v) is 0.962. The second-order valence-electron chi connectivity index (χ2n) is 2.82. The van der Waals surface area contributed by atoms with Crippen LogP contribution in [0.25, 0.3) is 0 Å². The molecule has 1 amide bonds. The molecule has 0 aromatic heterocycles. The summed E-state index contributed by atoms with van der Waals surface area (Å²) in [5.41, 5.74) is 5.83. The zero-order chi connectivity index (χ0) is 11.3. The average Bonchev–Trinajstić information content (AvgIpc) is 2.26. The van der Waals surface area contributed by atoms with Gasteiger partial charge in [-0.2, -0.15) is 0 Å². The third kappa shape index (κ3) is 3.45. The molecule has 78 valence electrons. The van der Waals surface area contributed by atoms with Gasteiger partial charge in [0.15, 0.2) is 0 Å². The highest BCUT2D eigenvalue weighted by Crippen LogP contribution is 2.01. The Labute approximate surface area is 87.5 Å². The lowest BCUT2D eigenvalue weighted by Crippen LogP contribution is -2.31. The van der Waals surface area contributed by atoms with Gasteiger partial charge in [-0.3, -0.25) is 15.6 Å². The van der Waals surface area contributed by atoms with Crippen molar-refractivity contribution < 1.29 is 14.8 Å². The number of nitrogens with one attached hydrogen (secondary N) is 2. The number of anilines is 1. The van der Waals surface area contributed by atoms with Gasteiger partial charge in [-0.25, -0.2) is 0 Å². The van der Waals surface area contributed by atoms with E-state index in [-0.39, 0.29) is 5.91 Å². The Morgan fingerprint density at radius 2 is 2.20 bits per heavy atom. The molecule has 4 N–H and O–H groups in total. The maximum absolute atomic E-state index is 10.8. The van der Waals surface area contributed by atoms with Gasteiger partial charge in [0, 0.05) is 0 Å². The van der Waals surface area contributed by atoms with Crippen LogP contribution < -0.4 is 16.3 Å². The highest BCUT2D eigenvalue weighted by atomic mass is 16.4. The van der Waals surface area contributed by atoms with Crippen molar-refractivity contribution in [3.63, 3.8) is 0 Å². The normalized spacial score (nSPS) is 9.20. The zero-order valence-corrected chi connectivity index (χ0v) is 7.97. The minimum atomic E-state index is -1.53. The number of amides is 1. The lowest BCUT2D eigenvalue weighted by Gasteiger charge is -2.07. The molecule has 0 spiro atoms. The van der Waals surface area contributed by atoms with Gasteiger partial charge in [0.25, 0.3) is 5.91 Å². The fourth-order valence-electron chi connectivity index (χ4n) is 0.962. The van der Waals surface area contributed by atoms with Crippen LogP contribution in [0.4, 0.5) is 5.69 Å². The molecule has 0 bridgehead atoms. The SMILES string of the molecule is C=CC(=O)NNc1cccc(B(O)O)c1. The molecule has 1 aromatic rings. The van der Waals surface area contributed by atoms with Crippen molar-refractivity contribution in [1.29, 1.82) is 0 Å². The van der Waals surface area contributed by atoms with E-state index in [1.165, 1.54) is 6.07 Å². The van der Waals surface area contributed by atoms with Crippen molar-refractivity contribution in [2.45, 2.75) is 0 Å². The lowest BCUT2D eigenvalue weighted by molar-refractivity contribution is -0.116. The van der Waals surface area contributed by atoms with E-state index in [2.05, 4.69) is 17.4 Å². The van der Waals surface area contributed by atoms with E-state index in [1.54, 1.807) is 18.2 Å². The summed E-state index contributed by atoms with van der Waals surface area (Å²) < 4.78 is 0. The van der Waals surface area contributed by atoms with Crippen molar-refractivity contribution in [1.82, 2.24) is 5.43 Å². The van der Waals surface area contributed by atoms with E-state index in [0.717, 1.165) is 6.08 Å². The monoisotopic (exact) mass is 206 g/mol. The minimum absolute atomic E-state index is 0.341. The van der Waals surface area contributed by atoms with Crippen LogP contribution in [-0.4, -0.2) is 23.1 Å². The van der Waals surface area contributed by atoms with Crippen molar-refractivity contribution in [2.24, 2.45) is 0 Å². The number of carbonyl (C=O) groups is 1. The summed E-state index contributed by atoms with van der Waals surface area (Å²) in [4.78, 5) is 10.8. The van der Waals surface area contributed by atoms with E-state index >= 15 is 0 Å². The Morgan fingerprint density at radius 3 is 2.80 bits per heavy atom. The van der Waals surface area contributed by atoms with Gasteiger partial charge in [0.2, 0.25) is 0 Å². The molecule has 0 aliphatic carbocycles. The van der Waals surface area contributed by atoms with Gasteiger partial charge in [-0.05, 0) is 23.7 Å². The van der Waals surface area contributed by atoms with E-state index < -0.39 is 7.12 Å². The van der Waals surface area contributed by atoms with E-state index in [0.29, 0.717) is 11.2 Å². The molecule has 6 heteroatoms. The molecule has 1 aromatic carbocycles. The number of carbonyl (C=O) groups excluding carboxylic acids is 1. The van der Waals surface area contributed by atoms with Crippen molar-refractivity contribution >= 4 is 24.2 Å². The average molecular weight is 206 g/mol. The van der Waals surface area contributed by atoms with Crippen molar-refractivity contribution in [3.8, 4) is 0 Å². The van der Waals surface area contributed by atoms with Crippen molar-refractivity contribution in [3.05, 3.63) is 36.9 Å². The molecule has 1 rings (SSSR count). The molecule has 0 radical (unpaired) electrons. The smallest absolute Gasteiger partial charge is 0.423 e. The van der Waals surface area contributed by atoms with E-state index in [1.807, 2.05) is 0 Å². The van der Waals surface area contributed by atoms with Crippen LogP contribution in [0.2, 0.25) is 0 Å². The molecule has 15 heavy (non-hydrogen) atoms. The van der Waals surface area contributed by atoms with Crippen LogP contribution in [0.5, 0.6) is 0 Å². The summed E-state index contributed by atoms with van der Waals surface area (Å²) in [5, 5.41) is 17.8. The Kier molecular flexibility index (Phi) is 3.90. The first kappa shape index (κ1) is 11.3. The first-order valence-corrected chi connectivity index (χ1v) is 4.28. The summed E-state index contributed by atoms with van der Waals surface area (Å²) >= 11 is 0. The second kappa shape index (κ2) is 5.18. The molecule has 0 aliphatic rings. The Hall–Kier alpha value is -1.79. The number of hydrogen-bond donors (Lipinski definition) is 4. The Bertz CT molecular complexity index is 368. The summed E-state index contributed by atoms with van der Waals surface area (Å²) in [6.45, 7) is 3.29. The van der Waals surface area contributed by atoms with Gasteiger partial charge in [0.1, 0.15) is 0 Å². The second-order valence-corrected chi connectivity index (χ2v) is 2.82. The molecule has 0 saturated heterocycles. The summed E-state index contributed by atoms with van der Waals surface area (Å²) in [6.07, 6.45) is 1.12. The summed E-state index contributed by atoms with van der Waals surface area (Å²) in [6, 6.07) is 6.38. The standard InChI is InChI=1S/C9H11BN2O3/c1-2-9(13)12-11-8-5-3-4-7(6-8)10(14)15/h2-6,11,14-15H,1H2,(H,12,13). The lowest BCUT2D eigenvalue weighted by atomic mass is 9.80. The van der Waals surface area contributed by atoms with Gasteiger partial charge < -0.3 is 10.0 Å². The van der Waals surface area contributed by atoms with Gasteiger partial charge >= 0.3 is 7.12 Å². The molecule has 0 aliphatic heterocycles. The summed E-state index contributed by atoms with van der Waals surface area (Å²) in [7, 11) is -1.53. The highest BCUT2D eigenvalue weighted by molar-refractivity contribution is 6.58. The minimum Gasteiger partial charge on any atom is -0.423 e. The van der Waals surface area contributed by atoms with Crippen LogP contribution in [0.1, 0.15) is 0 Å². The molecule has 0 saturated carbocycles. The molecule has 0 fully saturated rings. The van der Waals surface area contributed by atoms with Crippen LogP contribution in [-0.2, 0) is 4.79 Å². The maximum atomic E-state index is 10.8. The number of hydrazine groups is 1. The van der Waals surface area contributed by atoms with Crippen LogP contribution >= 0.6 is 0 Å². The molecule has 0 unspecified atom stereocenters. The maximum Gasteiger partial charge on any atom is 0.488 e. The fraction of sp³-hybridized carbons (Fsp3) is 0. The molecule has 0 heterocycles. The Balaban J connectivity index is 2.65. The summed E-state index contributed by atoms with van der Waals surface area (Å²) in [5.74, 6) is -0.370. The molecular weight excluding hydrogens is 195 g/mol. The third-order valence-electron chi connectivity index (χ3n) is 1.70. The predicted molar refractivity (Wildman–Crippen MR) is 58.2 cm³/mol. The predicted octanol–water partition coefficient (Wildman–Crippen LogP) is -1.00. The van der Waals surface area contributed by atoms with Gasteiger partial charge in [0.05, 0.1) is 5.69 Å². The largest absolute Gasteiger partial charge is 0.488 e. The van der Waals surface area contributed by atoms with Gasteiger partial charge in [-0.15, -0.1) is 0 Å². The number of hydrogen-bond acceptors (Lipinski definition) is 4. The molecular formula is C9H11BN2O3. The molecule has 0 atom stereocenters. The van der Waals surface area contributed by atoms with Crippen LogP contribution in [0.3, 0.4) is 0 Å². The number of benzene rings is 1. The highest BCUT2D eigenvalue weighted by Gasteiger charge is 2.10. The van der Waals surface area contributed by atoms with Crippen LogP contribution in [0.15, 0.2) is 36.9 Å². The first-order chi connectivity index (χ1) is 7.13. The van der Waals surface area contributed by atoms with E-state index in [9.17, 15) is 4.79 Å². The quantitative estimate of drug-likeness (QED) is 0.289. The van der Waals surface area contributed by atoms with Crippen molar-refractivity contribution in [2.75, 3.05) is 5.43 Å². The topological polar surface area (TPSA) is 81.6 Å². The Morgan fingerprint density at radius 1 is 1.47 bits per heavy atom. The zero-order valence-electron chi connectivity index (χ0n) is 7.97. The third-order valence-corrected chi connectivity index (χ3v) is 1.70. The first-order valence-electron chi connectivity index (χ1n) is 4.28. The van der Waals surface area contributed by atoms with Crippen LogP contribution in [0, 0.1) is 0 Å².